The van der Waals surface area contributed by atoms with Crippen LogP contribution in [0.3, 0.4) is 0 Å². The number of nitrogens with zero attached hydrogens (tertiary/aromatic N) is 3. The number of likely N-dealkylation sites (tertiary alicyclic amines) is 1. The lowest BCUT2D eigenvalue weighted by atomic mass is 10.1. The molecule has 0 bridgehead atoms. The minimum Gasteiger partial charge on any atom is -0.361 e. The molecule has 0 radical (unpaired) electrons. The van der Waals surface area contributed by atoms with E-state index in [2.05, 4.69) is 32.6 Å². The summed E-state index contributed by atoms with van der Waals surface area (Å²) < 4.78 is 5.21. The molecule has 0 spiro atoms. The maximum Gasteiger partial charge on any atom is 0.191 e. The molecular weight excluding hydrogens is 290 g/mol. The quantitative estimate of drug-likeness (QED) is 0.636. The number of nitrogens with one attached hydrogen (secondary N) is 2. The second-order valence-electron chi connectivity index (χ2n) is 6.96. The molecular formula is C17H29N5O. The van der Waals surface area contributed by atoms with Gasteiger partial charge in [-0.05, 0) is 39.0 Å². The molecule has 1 aliphatic heterocycles. The Hall–Kier alpha value is -1.56. The average Bonchev–Trinajstić information content (AvgIpc) is 3.25. The number of aromatic nitrogens is 1. The van der Waals surface area contributed by atoms with Crippen molar-refractivity contribution in [2.75, 3.05) is 26.7 Å². The Balaban J connectivity index is 1.47. The van der Waals surface area contributed by atoms with Crippen LogP contribution < -0.4 is 10.6 Å². The van der Waals surface area contributed by atoms with Gasteiger partial charge in [-0.1, -0.05) is 12.1 Å². The lowest BCUT2D eigenvalue weighted by Crippen LogP contribution is -2.47. The van der Waals surface area contributed by atoms with Crippen molar-refractivity contribution in [2.45, 2.75) is 52.1 Å². The molecule has 2 unspecified atom stereocenters. The topological polar surface area (TPSA) is 65.7 Å². The van der Waals surface area contributed by atoms with E-state index in [-0.39, 0.29) is 0 Å². The minimum atomic E-state index is 0.487. The van der Waals surface area contributed by atoms with E-state index in [0.717, 1.165) is 43.0 Å². The molecule has 1 aromatic rings. The van der Waals surface area contributed by atoms with Gasteiger partial charge in [0.15, 0.2) is 5.96 Å². The summed E-state index contributed by atoms with van der Waals surface area (Å²) in [6, 6.07) is 1.33. The fourth-order valence-electron chi connectivity index (χ4n) is 3.46. The second kappa shape index (κ2) is 6.91. The summed E-state index contributed by atoms with van der Waals surface area (Å²) >= 11 is 0. The third-order valence-electron chi connectivity index (χ3n) is 5.10. The van der Waals surface area contributed by atoms with Crippen LogP contribution in [0.1, 0.15) is 36.8 Å². The molecule has 2 heterocycles. The van der Waals surface area contributed by atoms with Crippen molar-refractivity contribution in [3.05, 3.63) is 17.0 Å². The zero-order valence-corrected chi connectivity index (χ0v) is 14.7. The molecule has 1 saturated heterocycles. The van der Waals surface area contributed by atoms with Gasteiger partial charge in [-0.15, -0.1) is 0 Å². The number of hydrogen-bond acceptors (Lipinski definition) is 4. The summed E-state index contributed by atoms with van der Waals surface area (Å²) in [4.78, 5) is 7.00. The van der Waals surface area contributed by atoms with E-state index in [4.69, 9.17) is 4.52 Å². The van der Waals surface area contributed by atoms with E-state index in [0.29, 0.717) is 12.0 Å². The van der Waals surface area contributed by atoms with Crippen molar-refractivity contribution >= 4 is 5.96 Å². The maximum atomic E-state index is 5.21. The maximum absolute atomic E-state index is 5.21. The number of aryl methyl sites for hydroxylation is 2. The molecule has 1 aliphatic carbocycles. The zero-order chi connectivity index (χ0) is 16.4. The van der Waals surface area contributed by atoms with Gasteiger partial charge in [0.2, 0.25) is 0 Å². The highest BCUT2D eigenvalue weighted by molar-refractivity contribution is 5.80. The van der Waals surface area contributed by atoms with E-state index in [1.165, 1.54) is 24.9 Å². The molecule has 1 saturated carbocycles. The van der Waals surface area contributed by atoms with E-state index >= 15 is 0 Å². The van der Waals surface area contributed by atoms with Crippen LogP contribution in [-0.2, 0) is 6.42 Å². The van der Waals surface area contributed by atoms with Crippen molar-refractivity contribution in [1.29, 1.82) is 0 Å². The number of aliphatic imine (C=N–C) groups is 1. The highest BCUT2D eigenvalue weighted by Crippen LogP contribution is 2.31. The van der Waals surface area contributed by atoms with Crippen molar-refractivity contribution in [3.8, 4) is 0 Å². The molecule has 6 nitrogen and oxygen atoms in total. The lowest BCUT2D eigenvalue weighted by Gasteiger charge is -2.20. The fourth-order valence-corrected chi connectivity index (χ4v) is 3.46. The Labute approximate surface area is 138 Å². The Morgan fingerprint density at radius 3 is 2.74 bits per heavy atom. The van der Waals surface area contributed by atoms with Crippen LogP contribution in [0.4, 0.5) is 0 Å². The van der Waals surface area contributed by atoms with Gasteiger partial charge in [0.25, 0.3) is 0 Å². The predicted molar refractivity (Wildman–Crippen MR) is 91.7 cm³/mol. The summed E-state index contributed by atoms with van der Waals surface area (Å²) in [7, 11) is 1.84. The largest absolute Gasteiger partial charge is 0.361 e. The molecule has 2 fully saturated rings. The van der Waals surface area contributed by atoms with Crippen LogP contribution in [0.25, 0.3) is 0 Å². The SMILES string of the molecule is CN=C(NCCc1c(C)noc1C)NC1CN(C2CC2)CC1C. The highest BCUT2D eigenvalue weighted by atomic mass is 16.5. The van der Waals surface area contributed by atoms with Crippen LogP contribution in [0, 0.1) is 19.8 Å². The Bertz CT molecular complexity index is 544. The fraction of sp³-hybridized carbons (Fsp3) is 0.765. The Kier molecular flexibility index (Phi) is 4.90. The Morgan fingerprint density at radius 1 is 1.35 bits per heavy atom. The van der Waals surface area contributed by atoms with Gasteiger partial charge in [0.05, 0.1) is 5.69 Å². The number of rotatable bonds is 5. The first-order valence-corrected chi connectivity index (χ1v) is 8.71. The molecule has 6 heteroatoms. The summed E-state index contributed by atoms with van der Waals surface area (Å²) in [6.45, 7) is 9.46. The monoisotopic (exact) mass is 319 g/mol. The summed E-state index contributed by atoms with van der Waals surface area (Å²) in [5.41, 5.74) is 2.18. The van der Waals surface area contributed by atoms with Gasteiger partial charge in [-0.25, -0.2) is 0 Å². The number of guanidine groups is 1. The molecule has 2 N–H and O–H groups in total. The van der Waals surface area contributed by atoms with Gasteiger partial charge in [-0.3, -0.25) is 9.89 Å². The molecule has 1 aromatic heterocycles. The molecule has 3 rings (SSSR count). The van der Waals surface area contributed by atoms with Gasteiger partial charge in [-0.2, -0.15) is 0 Å². The van der Waals surface area contributed by atoms with Crippen molar-refractivity contribution in [3.63, 3.8) is 0 Å². The van der Waals surface area contributed by atoms with Crippen molar-refractivity contribution in [1.82, 2.24) is 20.7 Å². The molecule has 128 valence electrons. The minimum absolute atomic E-state index is 0.487. The lowest BCUT2D eigenvalue weighted by molar-refractivity contribution is 0.315. The van der Waals surface area contributed by atoms with Gasteiger partial charge in [0, 0.05) is 44.3 Å². The van der Waals surface area contributed by atoms with Crippen molar-refractivity contribution in [2.24, 2.45) is 10.9 Å². The highest BCUT2D eigenvalue weighted by Gasteiger charge is 2.38. The van der Waals surface area contributed by atoms with Gasteiger partial charge >= 0.3 is 0 Å². The van der Waals surface area contributed by atoms with Crippen LogP contribution in [0.2, 0.25) is 0 Å². The number of hydrogen-bond donors (Lipinski definition) is 2. The third kappa shape index (κ3) is 3.86. The van der Waals surface area contributed by atoms with Gasteiger partial charge in [0.1, 0.15) is 5.76 Å². The third-order valence-corrected chi connectivity index (χ3v) is 5.10. The smallest absolute Gasteiger partial charge is 0.191 e. The first kappa shape index (κ1) is 16.3. The van der Waals surface area contributed by atoms with E-state index < -0.39 is 0 Å². The molecule has 0 amide bonds. The van der Waals surface area contributed by atoms with Crippen LogP contribution >= 0.6 is 0 Å². The van der Waals surface area contributed by atoms with E-state index in [1.807, 2.05) is 20.9 Å². The first-order valence-electron chi connectivity index (χ1n) is 8.71. The standard InChI is InChI=1S/C17H29N5O/c1-11-9-22(14-5-6-14)10-16(11)20-17(18-4)19-8-7-15-12(2)21-23-13(15)3/h11,14,16H,5-10H2,1-4H3,(H2,18,19,20). The average molecular weight is 319 g/mol. The molecule has 2 atom stereocenters. The van der Waals surface area contributed by atoms with E-state index in [1.54, 1.807) is 0 Å². The molecule has 2 aliphatic rings. The Morgan fingerprint density at radius 2 is 2.13 bits per heavy atom. The van der Waals surface area contributed by atoms with Crippen LogP contribution in [-0.4, -0.2) is 54.8 Å². The van der Waals surface area contributed by atoms with Crippen LogP contribution in [0.5, 0.6) is 0 Å². The summed E-state index contributed by atoms with van der Waals surface area (Å²) in [5.74, 6) is 2.47. The van der Waals surface area contributed by atoms with Crippen LogP contribution in [0.15, 0.2) is 9.52 Å². The van der Waals surface area contributed by atoms with Crippen molar-refractivity contribution < 1.29 is 4.52 Å². The summed E-state index contributed by atoms with van der Waals surface area (Å²) in [5, 5.41) is 11.0. The van der Waals surface area contributed by atoms with Gasteiger partial charge < -0.3 is 15.2 Å². The van der Waals surface area contributed by atoms with E-state index in [9.17, 15) is 0 Å². The predicted octanol–water partition coefficient (Wildman–Crippen LogP) is 1.48. The molecule has 23 heavy (non-hydrogen) atoms. The summed E-state index contributed by atoms with van der Waals surface area (Å²) in [6.07, 6.45) is 3.66. The normalized spacial score (nSPS) is 25.8. The first-order chi connectivity index (χ1) is 11.1. The second-order valence-corrected chi connectivity index (χ2v) is 6.96. The zero-order valence-electron chi connectivity index (χ0n) is 14.7. The molecule has 0 aromatic carbocycles.